The highest BCUT2D eigenvalue weighted by Crippen LogP contribution is 2.15. The minimum atomic E-state index is -0.493. The topological polar surface area (TPSA) is 68.0 Å². The fraction of sp³-hybridized carbons (Fsp3) is 0.500. The first kappa shape index (κ1) is 13.6. The highest BCUT2D eigenvalue weighted by molar-refractivity contribution is 5.92. The van der Waals surface area contributed by atoms with E-state index in [2.05, 4.69) is 10.3 Å². The third-order valence-corrected chi connectivity index (χ3v) is 3.06. The first-order valence-corrected chi connectivity index (χ1v) is 5.53. The summed E-state index contributed by atoms with van der Waals surface area (Å²) in [6.45, 7) is 6.16. The summed E-state index contributed by atoms with van der Waals surface area (Å²) in [6.07, 6.45) is 1.02. The van der Waals surface area contributed by atoms with Gasteiger partial charge >= 0.3 is 0 Å². The number of carbonyl (C=O) groups is 1. The molecule has 0 saturated heterocycles. The molecule has 0 bridgehead atoms. The van der Waals surface area contributed by atoms with Gasteiger partial charge in [-0.15, -0.1) is 0 Å². The average Bonchev–Trinajstić information content (AvgIpc) is 2.29. The number of carbonyl (C=O) groups excluding carboxylic acids is 1. The third-order valence-electron chi connectivity index (χ3n) is 3.06. The number of hydrogen-bond donors (Lipinski definition) is 2. The number of pyridine rings is 1. The van der Waals surface area contributed by atoms with Crippen LogP contribution in [-0.2, 0) is 0 Å². The summed E-state index contributed by atoms with van der Waals surface area (Å²) >= 11 is 0. The predicted molar refractivity (Wildman–Crippen MR) is 64.0 cm³/mol. The molecular formula is C12H18FN3O. The van der Waals surface area contributed by atoms with Gasteiger partial charge < -0.3 is 11.1 Å². The molecule has 0 aliphatic carbocycles. The highest BCUT2D eigenvalue weighted by Gasteiger charge is 2.29. The molecule has 1 amide bonds. The van der Waals surface area contributed by atoms with Crippen molar-refractivity contribution in [2.45, 2.75) is 26.3 Å². The first-order valence-electron chi connectivity index (χ1n) is 5.53. The van der Waals surface area contributed by atoms with Crippen molar-refractivity contribution in [3.8, 4) is 0 Å². The Morgan fingerprint density at radius 2 is 2.24 bits per heavy atom. The molecule has 0 aliphatic rings. The van der Waals surface area contributed by atoms with Gasteiger partial charge in [0.05, 0.1) is 11.7 Å². The van der Waals surface area contributed by atoms with Crippen LogP contribution in [0, 0.1) is 11.7 Å². The van der Waals surface area contributed by atoms with E-state index in [9.17, 15) is 9.18 Å². The second-order valence-electron chi connectivity index (χ2n) is 4.59. The van der Waals surface area contributed by atoms with Crippen LogP contribution in [0.5, 0.6) is 0 Å². The molecule has 0 spiro atoms. The van der Waals surface area contributed by atoms with Crippen LogP contribution < -0.4 is 11.1 Å². The Kier molecular flexibility index (Phi) is 4.17. The molecule has 3 N–H and O–H groups in total. The van der Waals surface area contributed by atoms with Crippen molar-refractivity contribution < 1.29 is 9.18 Å². The SMILES string of the molecule is CC(C)C(C)(CN)NC(=O)c1ccc(F)cn1. The number of nitrogens with zero attached hydrogens (tertiary/aromatic N) is 1. The van der Waals surface area contributed by atoms with Crippen LogP contribution >= 0.6 is 0 Å². The summed E-state index contributed by atoms with van der Waals surface area (Å²) in [5.74, 6) is -0.615. The maximum atomic E-state index is 12.7. The molecule has 1 unspecified atom stereocenters. The van der Waals surface area contributed by atoms with E-state index in [-0.39, 0.29) is 17.5 Å². The number of nitrogens with one attached hydrogen (secondary N) is 1. The first-order chi connectivity index (χ1) is 7.89. The molecule has 0 saturated carbocycles. The lowest BCUT2D eigenvalue weighted by Gasteiger charge is -2.33. The van der Waals surface area contributed by atoms with Crippen molar-refractivity contribution in [1.29, 1.82) is 0 Å². The van der Waals surface area contributed by atoms with Crippen LogP contribution in [0.2, 0.25) is 0 Å². The molecule has 1 atom stereocenters. The van der Waals surface area contributed by atoms with E-state index >= 15 is 0 Å². The van der Waals surface area contributed by atoms with Crippen molar-refractivity contribution >= 4 is 5.91 Å². The molecule has 1 aromatic heterocycles. The summed E-state index contributed by atoms with van der Waals surface area (Å²) in [6, 6.07) is 2.55. The lowest BCUT2D eigenvalue weighted by Crippen LogP contribution is -2.55. The van der Waals surface area contributed by atoms with E-state index in [0.717, 1.165) is 6.20 Å². The molecule has 94 valence electrons. The van der Waals surface area contributed by atoms with Gasteiger partial charge in [-0.05, 0) is 25.0 Å². The van der Waals surface area contributed by atoms with Crippen LogP contribution in [0.1, 0.15) is 31.3 Å². The van der Waals surface area contributed by atoms with Gasteiger partial charge in [0.1, 0.15) is 11.5 Å². The van der Waals surface area contributed by atoms with Gasteiger partial charge in [-0.3, -0.25) is 4.79 Å². The summed E-state index contributed by atoms with van der Waals surface area (Å²) in [5, 5.41) is 2.83. The Morgan fingerprint density at radius 3 is 2.65 bits per heavy atom. The third kappa shape index (κ3) is 3.23. The second kappa shape index (κ2) is 5.23. The molecule has 1 heterocycles. The van der Waals surface area contributed by atoms with Crippen LogP contribution in [0.3, 0.4) is 0 Å². The molecule has 1 aromatic rings. The molecular weight excluding hydrogens is 221 g/mol. The highest BCUT2D eigenvalue weighted by atomic mass is 19.1. The van der Waals surface area contributed by atoms with E-state index in [1.807, 2.05) is 20.8 Å². The predicted octanol–water partition coefficient (Wildman–Crippen LogP) is 1.32. The minimum Gasteiger partial charge on any atom is -0.344 e. The van der Waals surface area contributed by atoms with Crippen molar-refractivity contribution in [1.82, 2.24) is 10.3 Å². The normalized spacial score (nSPS) is 14.5. The fourth-order valence-electron chi connectivity index (χ4n) is 1.26. The number of nitrogens with two attached hydrogens (primary N) is 1. The van der Waals surface area contributed by atoms with Crippen molar-refractivity contribution in [2.75, 3.05) is 6.54 Å². The molecule has 4 nitrogen and oxygen atoms in total. The Morgan fingerprint density at radius 1 is 1.59 bits per heavy atom. The summed E-state index contributed by atoms with van der Waals surface area (Å²) in [7, 11) is 0. The van der Waals surface area contributed by atoms with Gasteiger partial charge in [0.15, 0.2) is 0 Å². The van der Waals surface area contributed by atoms with Crippen LogP contribution in [0.4, 0.5) is 4.39 Å². The number of rotatable bonds is 4. The monoisotopic (exact) mass is 239 g/mol. The lowest BCUT2D eigenvalue weighted by atomic mass is 9.88. The van der Waals surface area contributed by atoms with Crippen molar-refractivity contribution in [3.63, 3.8) is 0 Å². The largest absolute Gasteiger partial charge is 0.344 e. The Labute approximate surface area is 100 Å². The number of amides is 1. The molecule has 0 fully saturated rings. The van der Waals surface area contributed by atoms with Crippen LogP contribution in [0.15, 0.2) is 18.3 Å². The number of aromatic nitrogens is 1. The Bertz CT molecular complexity index is 391. The molecule has 0 aromatic carbocycles. The zero-order valence-electron chi connectivity index (χ0n) is 10.3. The van der Waals surface area contributed by atoms with Gasteiger partial charge in [0, 0.05) is 6.54 Å². The zero-order valence-corrected chi connectivity index (χ0v) is 10.3. The quantitative estimate of drug-likeness (QED) is 0.832. The second-order valence-corrected chi connectivity index (χ2v) is 4.59. The summed E-state index contributed by atoms with van der Waals surface area (Å²) in [5.41, 5.74) is 5.36. The van der Waals surface area contributed by atoms with Gasteiger partial charge in [0.2, 0.25) is 0 Å². The van der Waals surface area contributed by atoms with Gasteiger partial charge in [-0.25, -0.2) is 9.37 Å². The molecule has 17 heavy (non-hydrogen) atoms. The number of halogens is 1. The van der Waals surface area contributed by atoms with Gasteiger partial charge in [-0.1, -0.05) is 13.8 Å². The standard InChI is InChI=1S/C12H18FN3O/c1-8(2)12(3,7-14)16-11(17)10-5-4-9(13)6-15-10/h4-6,8H,7,14H2,1-3H3,(H,16,17). The van der Waals surface area contributed by atoms with Crippen LogP contribution in [-0.4, -0.2) is 23.0 Å². The maximum absolute atomic E-state index is 12.7. The summed E-state index contributed by atoms with van der Waals surface area (Å²) < 4.78 is 12.7. The smallest absolute Gasteiger partial charge is 0.270 e. The molecule has 0 aliphatic heterocycles. The minimum absolute atomic E-state index is 0.187. The van der Waals surface area contributed by atoms with Crippen molar-refractivity contribution in [2.24, 2.45) is 11.7 Å². The van der Waals surface area contributed by atoms with E-state index in [4.69, 9.17) is 5.73 Å². The summed E-state index contributed by atoms with van der Waals surface area (Å²) in [4.78, 5) is 15.6. The Balaban J connectivity index is 2.81. The maximum Gasteiger partial charge on any atom is 0.270 e. The average molecular weight is 239 g/mol. The molecule has 5 heteroatoms. The van der Waals surface area contributed by atoms with E-state index in [1.54, 1.807) is 0 Å². The van der Waals surface area contributed by atoms with Gasteiger partial charge in [0.25, 0.3) is 5.91 Å². The molecule has 0 radical (unpaired) electrons. The van der Waals surface area contributed by atoms with E-state index < -0.39 is 11.4 Å². The number of hydrogen-bond acceptors (Lipinski definition) is 3. The van der Waals surface area contributed by atoms with Gasteiger partial charge in [-0.2, -0.15) is 0 Å². The zero-order chi connectivity index (χ0) is 13.1. The van der Waals surface area contributed by atoms with E-state index in [1.165, 1.54) is 12.1 Å². The van der Waals surface area contributed by atoms with Crippen LogP contribution in [0.25, 0.3) is 0 Å². The fourth-order valence-corrected chi connectivity index (χ4v) is 1.26. The lowest BCUT2D eigenvalue weighted by molar-refractivity contribution is 0.0878. The van der Waals surface area contributed by atoms with E-state index in [0.29, 0.717) is 6.54 Å². The Hall–Kier alpha value is -1.49. The van der Waals surface area contributed by atoms with Crippen molar-refractivity contribution in [3.05, 3.63) is 29.8 Å². The molecule has 1 rings (SSSR count).